The van der Waals surface area contributed by atoms with Crippen molar-refractivity contribution in [2.24, 2.45) is 18.7 Å². The van der Waals surface area contributed by atoms with Crippen LogP contribution in [0, 0.1) is 5.92 Å². The lowest BCUT2D eigenvalue weighted by atomic mass is 9.86. The second-order valence-electron chi connectivity index (χ2n) is 4.82. The van der Waals surface area contributed by atoms with Crippen LogP contribution in [-0.4, -0.2) is 29.1 Å². The Labute approximate surface area is 98.2 Å². The minimum atomic E-state index is 0.532. The Morgan fingerprint density at radius 2 is 2.31 bits per heavy atom. The summed E-state index contributed by atoms with van der Waals surface area (Å²) >= 11 is 0. The normalized spacial score (nSPS) is 27.2. The van der Waals surface area contributed by atoms with Gasteiger partial charge in [-0.25, -0.2) is 0 Å². The third-order valence-electron chi connectivity index (χ3n) is 3.77. The molecule has 0 radical (unpaired) electrons. The number of likely N-dealkylation sites (tertiary alicyclic amines) is 1. The van der Waals surface area contributed by atoms with Gasteiger partial charge >= 0.3 is 0 Å². The lowest BCUT2D eigenvalue weighted by molar-refractivity contribution is 0.102. The van der Waals surface area contributed by atoms with E-state index >= 15 is 0 Å². The molecule has 0 bridgehead atoms. The van der Waals surface area contributed by atoms with Crippen LogP contribution in [0.3, 0.4) is 0 Å². The van der Waals surface area contributed by atoms with Crippen LogP contribution in [-0.2, 0) is 7.05 Å². The molecule has 2 heterocycles. The van der Waals surface area contributed by atoms with Gasteiger partial charge in [0.15, 0.2) is 0 Å². The van der Waals surface area contributed by atoms with Gasteiger partial charge in [0, 0.05) is 25.5 Å². The van der Waals surface area contributed by atoms with Gasteiger partial charge in [-0.15, -0.1) is 0 Å². The zero-order valence-electron chi connectivity index (χ0n) is 10.4. The molecule has 1 aliphatic heterocycles. The van der Waals surface area contributed by atoms with Crippen LogP contribution in [0.4, 0.5) is 0 Å². The van der Waals surface area contributed by atoms with Gasteiger partial charge < -0.3 is 10.3 Å². The van der Waals surface area contributed by atoms with Crippen LogP contribution in [0.1, 0.15) is 31.4 Å². The van der Waals surface area contributed by atoms with E-state index < -0.39 is 0 Å². The molecule has 0 unspecified atom stereocenters. The van der Waals surface area contributed by atoms with E-state index in [2.05, 4.69) is 41.9 Å². The van der Waals surface area contributed by atoms with Gasteiger partial charge in [-0.2, -0.15) is 0 Å². The molecule has 1 aromatic heterocycles. The average molecular weight is 221 g/mol. The number of aryl methyl sites for hydroxylation is 1. The van der Waals surface area contributed by atoms with Crippen molar-refractivity contribution < 1.29 is 0 Å². The molecular weight excluding hydrogens is 198 g/mol. The number of nitrogens with zero attached hydrogens (tertiary/aromatic N) is 2. The monoisotopic (exact) mass is 221 g/mol. The van der Waals surface area contributed by atoms with Crippen molar-refractivity contribution >= 4 is 0 Å². The fourth-order valence-electron chi connectivity index (χ4n) is 2.94. The molecule has 1 aromatic rings. The molecule has 90 valence electrons. The summed E-state index contributed by atoms with van der Waals surface area (Å²) in [6, 6.07) is 2.77. The van der Waals surface area contributed by atoms with Gasteiger partial charge in [0.25, 0.3) is 0 Å². The molecule has 3 heteroatoms. The Balaban J connectivity index is 2.24. The van der Waals surface area contributed by atoms with Gasteiger partial charge in [-0.1, -0.05) is 6.92 Å². The van der Waals surface area contributed by atoms with Crippen molar-refractivity contribution in [3.63, 3.8) is 0 Å². The second-order valence-corrected chi connectivity index (χ2v) is 4.82. The van der Waals surface area contributed by atoms with E-state index in [9.17, 15) is 0 Å². The summed E-state index contributed by atoms with van der Waals surface area (Å²) in [4.78, 5) is 2.57. The maximum absolute atomic E-state index is 5.92. The predicted octanol–water partition coefficient (Wildman–Crippen LogP) is 1.76. The summed E-state index contributed by atoms with van der Waals surface area (Å²) in [5.41, 5.74) is 7.35. The molecule has 0 aliphatic carbocycles. The van der Waals surface area contributed by atoms with Crippen LogP contribution in [0.2, 0.25) is 0 Å². The Hall–Kier alpha value is -0.800. The largest absolute Gasteiger partial charge is 0.357 e. The quantitative estimate of drug-likeness (QED) is 0.844. The summed E-state index contributed by atoms with van der Waals surface area (Å²) in [5, 5.41) is 0. The average Bonchev–Trinajstić information content (AvgIpc) is 2.74. The number of piperidine rings is 1. The van der Waals surface area contributed by atoms with Gasteiger partial charge in [-0.3, -0.25) is 4.90 Å². The minimum Gasteiger partial charge on any atom is -0.357 e. The smallest absolute Gasteiger partial charge is 0.0403 e. The Morgan fingerprint density at radius 3 is 2.88 bits per heavy atom. The molecule has 1 saturated heterocycles. The minimum absolute atomic E-state index is 0.532. The third-order valence-corrected chi connectivity index (χ3v) is 3.77. The SMILES string of the molecule is CCN1CCC[C@H](CN)[C@H]1c1ccn(C)c1. The molecule has 2 rings (SSSR count). The topological polar surface area (TPSA) is 34.2 Å². The van der Waals surface area contributed by atoms with Crippen molar-refractivity contribution in [1.82, 2.24) is 9.47 Å². The number of nitrogens with two attached hydrogens (primary N) is 1. The second kappa shape index (κ2) is 5.02. The number of rotatable bonds is 3. The molecule has 1 fully saturated rings. The Kier molecular flexibility index (Phi) is 3.66. The fraction of sp³-hybridized carbons (Fsp3) is 0.692. The van der Waals surface area contributed by atoms with Crippen molar-refractivity contribution in [3.8, 4) is 0 Å². The lowest BCUT2D eigenvalue weighted by Crippen LogP contribution is -2.41. The first-order valence-corrected chi connectivity index (χ1v) is 6.32. The van der Waals surface area contributed by atoms with Crippen molar-refractivity contribution in [3.05, 3.63) is 24.0 Å². The van der Waals surface area contributed by atoms with Crippen LogP contribution >= 0.6 is 0 Å². The van der Waals surface area contributed by atoms with Gasteiger partial charge in [-0.05, 0) is 50.0 Å². The fourth-order valence-corrected chi connectivity index (χ4v) is 2.94. The van der Waals surface area contributed by atoms with Gasteiger partial charge in [0.2, 0.25) is 0 Å². The van der Waals surface area contributed by atoms with E-state index in [1.165, 1.54) is 24.9 Å². The first kappa shape index (κ1) is 11.7. The summed E-state index contributed by atoms with van der Waals surface area (Å²) in [6.07, 6.45) is 6.93. The highest BCUT2D eigenvalue weighted by atomic mass is 15.2. The summed E-state index contributed by atoms with van der Waals surface area (Å²) in [6.45, 7) is 5.38. The van der Waals surface area contributed by atoms with E-state index in [1.54, 1.807) is 0 Å². The van der Waals surface area contributed by atoms with Crippen molar-refractivity contribution in [1.29, 1.82) is 0 Å². The molecule has 0 amide bonds. The highest BCUT2D eigenvalue weighted by molar-refractivity contribution is 5.17. The van der Waals surface area contributed by atoms with Gasteiger partial charge in [0.1, 0.15) is 0 Å². The van der Waals surface area contributed by atoms with Gasteiger partial charge in [0.05, 0.1) is 0 Å². The van der Waals surface area contributed by atoms with E-state index in [-0.39, 0.29) is 0 Å². The van der Waals surface area contributed by atoms with E-state index in [4.69, 9.17) is 5.73 Å². The number of hydrogen-bond donors (Lipinski definition) is 1. The molecular formula is C13H23N3. The maximum Gasteiger partial charge on any atom is 0.0403 e. The zero-order valence-corrected chi connectivity index (χ0v) is 10.4. The van der Waals surface area contributed by atoms with Crippen LogP contribution in [0.15, 0.2) is 18.5 Å². The Bertz CT molecular complexity index is 320. The highest BCUT2D eigenvalue weighted by Crippen LogP contribution is 2.35. The molecule has 1 aliphatic rings. The zero-order chi connectivity index (χ0) is 11.5. The first-order chi connectivity index (χ1) is 7.76. The van der Waals surface area contributed by atoms with Crippen molar-refractivity contribution in [2.75, 3.05) is 19.6 Å². The van der Waals surface area contributed by atoms with E-state index in [1.807, 2.05) is 0 Å². The Morgan fingerprint density at radius 1 is 1.50 bits per heavy atom. The van der Waals surface area contributed by atoms with Crippen LogP contribution in [0.25, 0.3) is 0 Å². The molecule has 0 saturated carbocycles. The molecule has 2 atom stereocenters. The molecule has 0 aromatic carbocycles. The third kappa shape index (κ3) is 2.15. The first-order valence-electron chi connectivity index (χ1n) is 6.32. The van der Waals surface area contributed by atoms with Crippen LogP contribution in [0.5, 0.6) is 0 Å². The van der Waals surface area contributed by atoms with E-state index in [0.717, 1.165) is 13.1 Å². The summed E-state index contributed by atoms with van der Waals surface area (Å²) < 4.78 is 2.13. The summed E-state index contributed by atoms with van der Waals surface area (Å²) in [5.74, 6) is 0.621. The summed E-state index contributed by atoms with van der Waals surface area (Å²) in [7, 11) is 2.08. The molecule has 2 N–H and O–H groups in total. The van der Waals surface area contributed by atoms with Crippen LogP contribution < -0.4 is 5.73 Å². The number of aromatic nitrogens is 1. The van der Waals surface area contributed by atoms with Crippen molar-refractivity contribution in [2.45, 2.75) is 25.8 Å². The lowest BCUT2D eigenvalue weighted by Gasteiger charge is -2.40. The number of hydrogen-bond acceptors (Lipinski definition) is 2. The standard InChI is InChI=1S/C13H23N3/c1-3-16-7-4-5-11(9-14)13(16)12-6-8-15(2)10-12/h6,8,10-11,13H,3-5,7,9,14H2,1-2H3/t11-,13+/m1/s1. The maximum atomic E-state index is 5.92. The molecule has 16 heavy (non-hydrogen) atoms. The molecule has 0 spiro atoms. The molecule has 3 nitrogen and oxygen atoms in total. The van der Waals surface area contributed by atoms with E-state index in [0.29, 0.717) is 12.0 Å². The highest BCUT2D eigenvalue weighted by Gasteiger charge is 2.31. The predicted molar refractivity (Wildman–Crippen MR) is 67.2 cm³/mol.